The second-order valence-electron chi connectivity index (χ2n) is 3.49. The van der Waals surface area contributed by atoms with Gasteiger partial charge in [0.05, 0.1) is 0 Å². The Labute approximate surface area is 85.8 Å². The van der Waals surface area contributed by atoms with Crippen molar-refractivity contribution in [2.45, 2.75) is 25.9 Å². The molecular weight excluding hydrogens is 207 g/mol. The molecule has 0 bridgehead atoms. The van der Waals surface area contributed by atoms with Crippen LogP contribution in [0.2, 0.25) is 0 Å². The molecule has 0 aromatic heterocycles. The Kier molecular flexibility index (Phi) is 5.75. The largest absolute Gasteiger partial charge is 0.300 e. The molecule has 0 saturated carbocycles. The highest BCUT2D eigenvalue weighted by Gasteiger charge is 2.25. The van der Waals surface area contributed by atoms with Crippen LogP contribution >= 0.6 is 19.5 Å². The number of rotatable bonds is 5. The van der Waals surface area contributed by atoms with Crippen LogP contribution in [0.3, 0.4) is 0 Å². The third kappa shape index (κ3) is 4.73. The summed E-state index contributed by atoms with van der Waals surface area (Å²) in [6.45, 7) is 7.57. The highest BCUT2D eigenvalue weighted by molar-refractivity contribution is 7.56. The fourth-order valence-corrected chi connectivity index (χ4v) is 3.15. The fraction of sp³-hybridized carbons (Fsp3) is 0.778. The molecule has 0 radical (unpaired) electrons. The maximum absolute atomic E-state index is 11.1. The summed E-state index contributed by atoms with van der Waals surface area (Å²) in [6.07, 6.45) is 0.320. The molecule has 0 spiro atoms. The van der Waals surface area contributed by atoms with E-state index in [1.54, 1.807) is 6.92 Å². The van der Waals surface area contributed by atoms with Gasteiger partial charge in [0.2, 0.25) is 5.24 Å². The van der Waals surface area contributed by atoms with E-state index in [1.165, 1.54) is 0 Å². The van der Waals surface area contributed by atoms with E-state index in [2.05, 4.69) is 13.3 Å². The molecule has 0 aromatic carbocycles. The highest BCUT2D eigenvalue weighted by atomic mass is 35.5. The van der Waals surface area contributed by atoms with Crippen LogP contribution in [-0.4, -0.2) is 30.0 Å². The van der Waals surface area contributed by atoms with Crippen LogP contribution in [0.25, 0.3) is 0 Å². The first-order chi connectivity index (χ1) is 5.86. The zero-order valence-corrected chi connectivity index (χ0v) is 10.2. The van der Waals surface area contributed by atoms with Crippen molar-refractivity contribution in [3.05, 3.63) is 0 Å². The molecule has 0 fully saturated rings. The Morgan fingerprint density at radius 1 is 1.38 bits per heavy atom. The molecule has 0 aliphatic heterocycles. The Morgan fingerprint density at radius 2 is 1.85 bits per heavy atom. The first-order valence-corrected chi connectivity index (χ1v) is 6.89. The minimum Gasteiger partial charge on any atom is -0.300 e. The summed E-state index contributed by atoms with van der Waals surface area (Å²) < 4.78 is 0. The molecule has 2 unspecified atom stereocenters. The number of hydrogen-bond acceptors (Lipinski definition) is 2. The zero-order chi connectivity index (χ0) is 10.6. The smallest absolute Gasteiger partial charge is 0.222 e. The van der Waals surface area contributed by atoms with E-state index >= 15 is 0 Å². The van der Waals surface area contributed by atoms with Crippen LogP contribution in [0.1, 0.15) is 20.3 Å². The van der Waals surface area contributed by atoms with Crippen molar-refractivity contribution in [2.75, 3.05) is 13.3 Å². The lowest BCUT2D eigenvalue weighted by atomic mass is 10.0. The third-order valence-electron chi connectivity index (χ3n) is 2.25. The lowest BCUT2D eigenvalue weighted by molar-refractivity contribution is -0.120. The second kappa shape index (κ2) is 5.72. The average molecular weight is 223 g/mol. The molecule has 0 aromatic rings. The van der Waals surface area contributed by atoms with Crippen LogP contribution in [0.5, 0.6) is 0 Å². The van der Waals surface area contributed by atoms with Gasteiger partial charge in [-0.2, -0.15) is 0 Å². The maximum atomic E-state index is 11.1. The van der Waals surface area contributed by atoms with Gasteiger partial charge in [-0.25, -0.2) is 0 Å². The van der Waals surface area contributed by atoms with Crippen LogP contribution in [0, 0.1) is 5.92 Å². The third-order valence-corrected chi connectivity index (χ3v) is 4.36. The first-order valence-electron chi connectivity index (χ1n) is 4.21. The standard InChI is InChI=1S/C9H16ClO2P/c1-6(7(2)11)8(13(3)4)5-9(10)12/h6,8H,5H2,1-4H3. The molecule has 0 saturated heterocycles. The maximum Gasteiger partial charge on any atom is 0.222 e. The lowest BCUT2D eigenvalue weighted by Crippen LogP contribution is -2.24. The molecule has 0 amide bonds. The summed E-state index contributed by atoms with van der Waals surface area (Å²) >= 11 is 5.33. The quantitative estimate of drug-likeness (QED) is 0.529. The van der Waals surface area contributed by atoms with Crippen molar-refractivity contribution < 1.29 is 9.59 Å². The van der Waals surface area contributed by atoms with E-state index in [1.807, 2.05) is 6.92 Å². The monoisotopic (exact) mass is 222 g/mol. The van der Waals surface area contributed by atoms with Gasteiger partial charge in [0.25, 0.3) is 0 Å². The van der Waals surface area contributed by atoms with Gasteiger partial charge in [0.1, 0.15) is 5.78 Å². The molecule has 2 atom stereocenters. The van der Waals surface area contributed by atoms with Gasteiger partial charge >= 0.3 is 0 Å². The number of ketones is 1. The number of hydrogen-bond donors (Lipinski definition) is 0. The van der Waals surface area contributed by atoms with Crippen molar-refractivity contribution in [1.29, 1.82) is 0 Å². The number of Topliss-reactive ketones (excluding diaryl/α,β-unsaturated/α-hetero) is 1. The van der Waals surface area contributed by atoms with Gasteiger partial charge in [-0.15, -0.1) is 7.92 Å². The first kappa shape index (κ1) is 13.1. The van der Waals surface area contributed by atoms with E-state index in [4.69, 9.17) is 11.6 Å². The summed E-state index contributed by atoms with van der Waals surface area (Å²) in [5.41, 5.74) is 0.137. The fourth-order valence-electron chi connectivity index (χ4n) is 1.24. The second-order valence-corrected chi connectivity index (χ2v) is 6.50. The minimum atomic E-state index is -0.339. The summed E-state index contributed by atoms with van der Waals surface area (Å²) in [7, 11) is -0.294. The van der Waals surface area contributed by atoms with Crippen LogP contribution in [0.15, 0.2) is 0 Å². The lowest BCUT2D eigenvalue weighted by Gasteiger charge is -2.24. The van der Waals surface area contributed by atoms with Crippen molar-refractivity contribution in [3.8, 4) is 0 Å². The zero-order valence-electron chi connectivity index (χ0n) is 8.50. The molecule has 0 heterocycles. The van der Waals surface area contributed by atoms with E-state index in [-0.39, 0.29) is 30.5 Å². The van der Waals surface area contributed by atoms with Crippen molar-refractivity contribution in [1.82, 2.24) is 0 Å². The van der Waals surface area contributed by atoms with Gasteiger partial charge in [-0.3, -0.25) is 9.59 Å². The molecular formula is C9H16ClO2P. The number of carbonyl (C=O) groups is 2. The molecule has 76 valence electrons. The average Bonchev–Trinajstić information content (AvgIpc) is 1.97. The summed E-state index contributed by atoms with van der Waals surface area (Å²) in [4.78, 5) is 21.9. The van der Waals surface area contributed by atoms with Crippen molar-refractivity contribution in [3.63, 3.8) is 0 Å². The predicted octanol–water partition coefficient (Wildman–Crippen LogP) is 2.48. The predicted molar refractivity (Wildman–Crippen MR) is 57.9 cm³/mol. The van der Waals surface area contributed by atoms with Gasteiger partial charge in [0.15, 0.2) is 0 Å². The number of halogens is 1. The normalized spacial score (nSPS) is 15.5. The van der Waals surface area contributed by atoms with E-state index in [9.17, 15) is 9.59 Å². The van der Waals surface area contributed by atoms with Crippen molar-refractivity contribution >= 4 is 30.5 Å². The van der Waals surface area contributed by atoms with Crippen LogP contribution in [0.4, 0.5) is 0 Å². The molecule has 0 rings (SSSR count). The summed E-state index contributed by atoms with van der Waals surface area (Å²) in [5, 5.41) is -0.339. The Bertz CT molecular complexity index is 204. The highest BCUT2D eigenvalue weighted by Crippen LogP contribution is 2.39. The van der Waals surface area contributed by atoms with Gasteiger partial charge in [-0.05, 0) is 37.5 Å². The minimum absolute atomic E-state index is 0.0520. The SMILES string of the molecule is CC(=O)C(C)C(CC(=O)Cl)P(C)C. The topological polar surface area (TPSA) is 34.1 Å². The summed E-state index contributed by atoms with van der Waals surface area (Å²) in [6, 6.07) is 0. The van der Waals surface area contributed by atoms with Gasteiger partial charge in [0, 0.05) is 12.3 Å². The molecule has 4 heteroatoms. The van der Waals surface area contributed by atoms with Crippen molar-refractivity contribution in [2.24, 2.45) is 5.92 Å². The number of carbonyl (C=O) groups excluding carboxylic acids is 2. The van der Waals surface area contributed by atoms with E-state index < -0.39 is 0 Å². The summed E-state index contributed by atoms with van der Waals surface area (Å²) in [5.74, 6) is 0.0860. The van der Waals surface area contributed by atoms with E-state index in [0.717, 1.165) is 0 Å². The van der Waals surface area contributed by atoms with E-state index in [0.29, 0.717) is 6.42 Å². The molecule has 2 nitrogen and oxygen atoms in total. The van der Waals surface area contributed by atoms with Crippen LogP contribution in [-0.2, 0) is 9.59 Å². The molecule has 0 aliphatic rings. The Balaban J connectivity index is 4.41. The molecule has 13 heavy (non-hydrogen) atoms. The molecule has 0 N–H and O–H groups in total. The Morgan fingerprint density at radius 3 is 2.08 bits per heavy atom. The Hall–Kier alpha value is 0.0600. The molecule has 0 aliphatic carbocycles. The van der Waals surface area contributed by atoms with Crippen LogP contribution < -0.4 is 0 Å². The van der Waals surface area contributed by atoms with Gasteiger partial charge in [-0.1, -0.05) is 6.92 Å². The van der Waals surface area contributed by atoms with Gasteiger partial charge < -0.3 is 0 Å².